The van der Waals surface area contributed by atoms with Gasteiger partial charge < -0.3 is 20.0 Å². The van der Waals surface area contributed by atoms with Crippen LogP contribution in [-0.2, 0) is 18.7 Å². The fourth-order valence-corrected chi connectivity index (χ4v) is 1.13. The van der Waals surface area contributed by atoms with Crippen molar-refractivity contribution in [2.24, 2.45) is 11.8 Å². The second kappa shape index (κ2) is 5.22. The van der Waals surface area contributed by atoms with Gasteiger partial charge in [-0.1, -0.05) is 6.92 Å². The minimum atomic E-state index is -4.79. The minimum Gasteiger partial charge on any atom is -0.481 e. The molecule has 0 aliphatic rings. The first-order chi connectivity index (χ1) is 6.65. The highest BCUT2D eigenvalue weighted by Crippen LogP contribution is 2.36. The van der Waals surface area contributed by atoms with Crippen LogP contribution in [0.5, 0.6) is 0 Å². The number of hydrogen-bond acceptors (Lipinski definition) is 4. The van der Waals surface area contributed by atoms with Gasteiger partial charge in [0.1, 0.15) is 0 Å². The van der Waals surface area contributed by atoms with Crippen LogP contribution in [0.2, 0.25) is 0 Å². The molecule has 0 saturated heterocycles. The molecule has 0 spiro atoms. The Kier molecular flexibility index (Phi) is 4.89. The van der Waals surface area contributed by atoms with Gasteiger partial charge in [-0.25, -0.2) is 4.57 Å². The van der Waals surface area contributed by atoms with E-state index in [9.17, 15) is 14.2 Å². The van der Waals surface area contributed by atoms with E-state index in [-0.39, 0.29) is 0 Å². The molecule has 0 radical (unpaired) electrons. The number of rotatable bonds is 6. The number of carboxylic acids is 2. The van der Waals surface area contributed by atoms with Gasteiger partial charge in [0.25, 0.3) is 0 Å². The lowest BCUT2D eigenvalue weighted by Gasteiger charge is -2.16. The van der Waals surface area contributed by atoms with Crippen molar-refractivity contribution in [3.8, 4) is 0 Å². The van der Waals surface area contributed by atoms with Gasteiger partial charge in [0, 0.05) is 0 Å². The summed E-state index contributed by atoms with van der Waals surface area (Å²) in [6, 6.07) is 0. The van der Waals surface area contributed by atoms with E-state index in [1.54, 1.807) is 0 Å². The maximum atomic E-state index is 10.6. The molecule has 0 fully saturated rings. The molecule has 88 valence electrons. The summed E-state index contributed by atoms with van der Waals surface area (Å²) in [6.07, 6.45) is 0. The number of phosphoric acid groups is 1. The van der Waals surface area contributed by atoms with E-state index < -0.39 is 38.2 Å². The highest BCUT2D eigenvalue weighted by molar-refractivity contribution is 7.46. The van der Waals surface area contributed by atoms with E-state index >= 15 is 0 Å². The molecule has 0 rings (SSSR count). The van der Waals surface area contributed by atoms with Crippen molar-refractivity contribution in [1.82, 2.24) is 0 Å². The standard InChI is InChI=1S/C6H11O8P/c1-3(5(7)8)4(6(9)10)2-14-15(11,12)13/h3-4H,2H2,1H3,(H,7,8)(H,9,10)(H2,11,12,13). The first-order valence-electron chi connectivity index (χ1n) is 3.81. The predicted molar refractivity (Wildman–Crippen MR) is 45.9 cm³/mol. The Morgan fingerprint density at radius 3 is 2.00 bits per heavy atom. The van der Waals surface area contributed by atoms with Crippen LogP contribution >= 0.6 is 7.82 Å². The van der Waals surface area contributed by atoms with Gasteiger partial charge in [-0.05, 0) is 0 Å². The summed E-state index contributed by atoms with van der Waals surface area (Å²) >= 11 is 0. The second-order valence-corrected chi connectivity index (χ2v) is 4.10. The molecule has 15 heavy (non-hydrogen) atoms. The van der Waals surface area contributed by atoms with Crippen molar-refractivity contribution in [3.63, 3.8) is 0 Å². The molecule has 4 N–H and O–H groups in total. The third kappa shape index (κ3) is 5.48. The summed E-state index contributed by atoms with van der Waals surface area (Å²) in [5, 5.41) is 17.1. The van der Waals surface area contributed by atoms with Crippen LogP contribution in [0, 0.1) is 11.8 Å². The number of carbonyl (C=O) groups is 2. The lowest BCUT2D eigenvalue weighted by atomic mass is 9.95. The van der Waals surface area contributed by atoms with Gasteiger partial charge in [-0.15, -0.1) is 0 Å². The van der Waals surface area contributed by atoms with Crippen LogP contribution in [-0.4, -0.2) is 38.5 Å². The molecule has 2 atom stereocenters. The number of hydrogen-bond donors (Lipinski definition) is 4. The fourth-order valence-electron chi connectivity index (χ4n) is 0.779. The van der Waals surface area contributed by atoms with E-state index in [2.05, 4.69) is 4.52 Å². The first kappa shape index (κ1) is 14.1. The smallest absolute Gasteiger partial charge is 0.469 e. The largest absolute Gasteiger partial charge is 0.481 e. The van der Waals surface area contributed by atoms with Crippen LogP contribution < -0.4 is 0 Å². The van der Waals surface area contributed by atoms with Crippen LogP contribution in [0.3, 0.4) is 0 Å². The second-order valence-electron chi connectivity index (χ2n) is 2.86. The molecule has 0 aliphatic carbocycles. The molecule has 0 aliphatic heterocycles. The van der Waals surface area contributed by atoms with Crippen LogP contribution in [0.15, 0.2) is 0 Å². The van der Waals surface area contributed by atoms with Crippen molar-refractivity contribution in [1.29, 1.82) is 0 Å². The van der Waals surface area contributed by atoms with Crippen molar-refractivity contribution in [2.75, 3.05) is 6.61 Å². The predicted octanol–water partition coefficient (Wildman–Crippen LogP) is -0.483. The Balaban J connectivity index is 4.49. The van der Waals surface area contributed by atoms with Crippen molar-refractivity contribution in [2.45, 2.75) is 6.92 Å². The molecule has 0 aromatic heterocycles. The third-order valence-electron chi connectivity index (χ3n) is 1.73. The normalized spacial score (nSPS) is 15.7. The summed E-state index contributed by atoms with van der Waals surface area (Å²) in [6.45, 7) is 0.261. The summed E-state index contributed by atoms with van der Waals surface area (Å²) in [5.41, 5.74) is 0. The van der Waals surface area contributed by atoms with Crippen LogP contribution in [0.1, 0.15) is 6.92 Å². The average molecular weight is 242 g/mol. The van der Waals surface area contributed by atoms with Gasteiger partial charge in [0.15, 0.2) is 0 Å². The molecule has 0 aromatic rings. The molecular weight excluding hydrogens is 231 g/mol. The van der Waals surface area contributed by atoms with Gasteiger partial charge in [0.05, 0.1) is 18.4 Å². The number of carboxylic acid groups (broad SMARTS) is 2. The summed E-state index contributed by atoms with van der Waals surface area (Å²) in [5.74, 6) is -5.67. The van der Waals surface area contributed by atoms with E-state index in [0.29, 0.717) is 0 Å². The molecule has 8 nitrogen and oxygen atoms in total. The SMILES string of the molecule is CC(C(=O)O)C(COP(=O)(O)O)C(=O)O. The van der Waals surface area contributed by atoms with Crippen molar-refractivity contribution < 1.29 is 38.7 Å². The zero-order chi connectivity index (χ0) is 12.2. The highest BCUT2D eigenvalue weighted by Gasteiger charge is 2.32. The maximum Gasteiger partial charge on any atom is 0.469 e. The average Bonchev–Trinajstić information content (AvgIpc) is 2.01. The Labute approximate surface area is 84.7 Å². The summed E-state index contributed by atoms with van der Waals surface area (Å²) < 4.78 is 14.2. The zero-order valence-electron chi connectivity index (χ0n) is 7.73. The van der Waals surface area contributed by atoms with E-state index in [4.69, 9.17) is 20.0 Å². The van der Waals surface area contributed by atoms with Gasteiger partial charge in [-0.2, -0.15) is 0 Å². The topological polar surface area (TPSA) is 141 Å². The Hall–Kier alpha value is -0.950. The minimum absolute atomic E-state index is 0.854. The lowest BCUT2D eigenvalue weighted by Crippen LogP contribution is -2.31. The van der Waals surface area contributed by atoms with Gasteiger partial charge in [0.2, 0.25) is 0 Å². The Bertz CT molecular complexity index is 294. The number of aliphatic carboxylic acids is 2. The quantitative estimate of drug-likeness (QED) is 0.457. The zero-order valence-corrected chi connectivity index (χ0v) is 8.63. The Morgan fingerprint density at radius 1 is 1.27 bits per heavy atom. The molecule has 0 aromatic carbocycles. The van der Waals surface area contributed by atoms with Crippen LogP contribution in [0.4, 0.5) is 0 Å². The maximum absolute atomic E-state index is 10.6. The monoisotopic (exact) mass is 242 g/mol. The van der Waals surface area contributed by atoms with Crippen LogP contribution in [0.25, 0.3) is 0 Å². The van der Waals surface area contributed by atoms with E-state index in [1.165, 1.54) is 0 Å². The Morgan fingerprint density at radius 2 is 1.73 bits per heavy atom. The molecule has 0 bridgehead atoms. The molecule has 0 amide bonds. The summed E-state index contributed by atoms with van der Waals surface area (Å²) in [4.78, 5) is 37.7. The highest BCUT2D eigenvalue weighted by atomic mass is 31.2. The van der Waals surface area contributed by atoms with Crippen molar-refractivity contribution >= 4 is 19.8 Å². The first-order valence-corrected chi connectivity index (χ1v) is 5.34. The molecular formula is C6H11O8P. The van der Waals surface area contributed by atoms with E-state index in [1.807, 2.05) is 0 Å². The fraction of sp³-hybridized carbons (Fsp3) is 0.667. The summed E-state index contributed by atoms with van der Waals surface area (Å²) in [7, 11) is -4.79. The molecule has 9 heteroatoms. The third-order valence-corrected chi connectivity index (χ3v) is 2.22. The molecule has 0 heterocycles. The van der Waals surface area contributed by atoms with Gasteiger partial charge >= 0.3 is 19.8 Å². The molecule has 2 unspecified atom stereocenters. The van der Waals surface area contributed by atoms with Gasteiger partial charge in [-0.3, -0.25) is 14.1 Å². The molecule has 0 saturated carbocycles. The lowest BCUT2D eigenvalue weighted by molar-refractivity contribution is -0.154. The van der Waals surface area contributed by atoms with E-state index in [0.717, 1.165) is 6.92 Å². The van der Waals surface area contributed by atoms with Crippen molar-refractivity contribution in [3.05, 3.63) is 0 Å². The number of phosphoric ester groups is 1.